The molecule has 3 heterocycles. The Hall–Kier alpha value is -8.96. The molecule has 70 heavy (non-hydrogen) atoms. The predicted octanol–water partition coefficient (Wildman–Crippen LogP) is 14.0. The van der Waals surface area contributed by atoms with E-state index >= 15 is 0 Å². The molecule has 0 aliphatic heterocycles. The first-order valence-electron chi connectivity index (χ1n) is 24.2. The van der Waals surface area contributed by atoms with E-state index in [1.807, 2.05) is 0 Å². The first kappa shape index (κ1) is 40.1. The van der Waals surface area contributed by atoms with Crippen molar-refractivity contribution in [3.05, 3.63) is 273 Å². The highest BCUT2D eigenvalue weighted by molar-refractivity contribution is 7.19. The highest BCUT2D eigenvalue weighted by Gasteiger charge is 2.41. The van der Waals surface area contributed by atoms with Crippen LogP contribution in [-0.4, -0.2) is 21.8 Å². The maximum absolute atomic E-state index is 2.74. The summed E-state index contributed by atoms with van der Waals surface area (Å²) in [5, 5.41) is 12.8. The molecule has 0 saturated carbocycles. The molecule has 0 atom stereocenters. The van der Waals surface area contributed by atoms with Crippen LogP contribution in [0.15, 0.2) is 273 Å². The van der Waals surface area contributed by atoms with Crippen LogP contribution in [0.4, 0.5) is 0 Å². The quantitative estimate of drug-likeness (QED) is 0.107. The van der Waals surface area contributed by atoms with Crippen molar-refractivity contribution < 1.29 is 0 Å². The van der Waals surface area contributed by atoms with Crippen molar-refractivity contribution in [2.45, 2.75) is 0 Å². The van der Waals surface area contributed by atoms with Crippen LogP contribution in [0, 0.1) is 0 Å². The fraction of sp³-hybridized carbons (Fsp3) is 0. The number of rotatable bonds is 8. The molecule has 14 aromatic rings. The standard InChI is InChI=1S/C66H45N3Si/c1-5-21-46(22-6-1)47-39-44-62-58(45-47)55-31-15-17-35-60(55)68(62)63-37-19-33-57-54-30-14-18-36-61(54)69(66(57)63)64-38-20-32-56-53-29-13-16-34-59(53)67(65(56)64)48-40-42-52(43-41-48)70(49-23-7-2-8-24-49,50-25-9-3-10-26-50)51-27-11-4-12-28-51/h1-45H. The van der Waals surface area contributed by atoms with E-state index in [1.165, 1.54) is 97.3 Å². The summed E-state index contributed by atoms with van der Waals surface area (Å²) in [6.45, 7) is 0. The molecule has 0 bridgehead atoms. The van der Waals surface area contributed by atoms with Gasteiger partial charge in [0.1, 0.15) is 0 Å². The Morgan fingerprint density at radius 3 is 1.16 bits per heavy atom. The molecule has 0 fully saturated rings. The van der Waals surface area contributed by atoms with Crippen LogP contribution in [0.2, 0.25) is 0 Å². The summed E-state index contributed by atoms with van der Waals surface area (Å²) in [7, 11) is -2.74. The highest BCUT2D eigenvalue weighted by Crippen LogP contribution is 2.43. The fourth-order valence-electron chi connectivity index (χ4n) is 11.8. The first-order chi connectivity index (χ1) is 34.8. The van der Waals surface area contributed by atoms with Gasteiger partial charge in [0.15, 0.2) is 8.07 Å². The van der Waals surface area contributed by atoms with Crippen molar-refractivity contribution in [3.63, 3.8) is 0 Å². The van der Waals surface area contributed by atoms with E-state index in [2.05, 4.69) is 287 Å². The summed E-state index contributed by atoms with van der Waals surface area (Å²) >= 11 is 0. The molecule has 0 radical (unpaired) electrons. The topological polar surface area (TPSA) is 14.8 Å². The Bertz CT molecular complexity index is 4170. The van der Waals surface area contributed by atoms with Crippen LogP contribution in [0.3, 0.4) is 0 Å². The van der Waals surface area contributed by atoms with E-state index in [0.717, 1.165) is 17.1 Å². The number of nitrogens with zero attached hydrogens (tertiary/aromatic N) is 3. The maximum atomic E-state index is 2.54. The number of para-hydroxylation sites is 5. The van der Waals surface area contributed by atoms with Crippen molar-refractivity contribution in [1.82, 2.24) is 13.7 Å². The van der Waals surface area contributed by atoms with Crippen LogP contribution in [0.25, 0.3) is 93.6 Å². The lowest BCUT2D eigenvalue weighted by Crippen LogP contribution is -2.74. The number of fused-ring (bicyclic) bond motifs is 9. The molecule has 0 amide bonds. The summed E-state index contributed by atoms with van der Waals surface area (Å²) < 4.78 is 7.55. The molecule has 0 unspecified atom stereocenters. The molecule has 0 aliphatic rings. The summed E-state index contributed by atoms with van der Waals surface area (Å²) in [6.07, 6.45) is 0. The van der Waals surface area contributed by atoms with Crippen LogP contribution in [0.5, 0.6) is 0 Å². The van der Waals surface area contributed by atoms with E-state index in [4.69, 9.17) is 0 Å². The normalized spacial score (nSPS) is 12.0. The largest absolute Gasteiger partial charge is 0.307 e. The number of hydrogen-bond donors (Lipinski definition) is 0. The van der Waals surface area contributed by atoms with Gasteiger partial charge in [0.2, 0.25) is 0 Å². The third kappa shape index (κ3) is 5.94. The molecule has 11 aromatic carbocycles. The Morgan fingerprint density at radius 2 is 0.614 bits per heavy atom. The Labute approximate surface area is 407 Å². The molecule has 0 aliphatic carbocycles. The fourth-order valence-corrected chi connectivity index (χ4v) is 16.6. The second-order valence-corrected chi connectivity index (χ2v) is 22.2. The van der Waals surface area contributed by atoms with Crippen LogP contribution >= 0.6 is 0 Å². The second-order valence-electron chi connectivity index (χ2n) is 18.4. The molecule has 0 N–H and O–H groups in total. The van der Waals surface area contributed by atoms with Crippen molar-refractivity contribution in [2.75, 3.05) is 0 Å². The van der Waals surface area contributed by atoms with Crippen molar-refractivity contribution in [1.29, 1.82) is 0 Å². The highest BCUT2D eigenvalue weighted by atomic mass is 28.3. The van der Waals surface area contributed by atoms with E-state index in [1.54, 1.807) is 0 Å². The molecule has 3 nitrogen and oxygen atoms in total. The van der Waals surface area contributed by atoms with E-state index in [0.29, 0.717) is 0 Å². The molecule has 0 spiro atoms. The van der Waals surface area contributed by atoms with Crippen LogP contribution in [-0.2, 0) is 0 Å². The monoisotopic (exact) mass is 907 g/mol. The Kier molecular flexibility index (Phi) is 9.23. The van der Waals surface area contributed by atoms with E-state index < -0.39 is 8.07 Å². The zero-order valence-electron chi connectivity index (χ0n) is 38.3. The Morgan fingerprint density at radius 1 is 0.229 bits per heavy atom. The van der Waals surface area contributed by atoms with Gasteiger partial charge in [-0.05, 0) is 86.5 Å². The second kappa shape index (κ2) is 16.1. The van der Waals surface area contributed by atoms with Crippen molar-refractivity contribution in [3.8, 4) is 28.2 Å². The zero-order chi connectivity index (χ0) is 46.2. The predicted molar refractivity (Wildman–Crippen MR) is 299 cm³/mol. The lowest BCUT2D eigenvalue weighted by atomic mass is 10.0. The van der Waals surface area contributed by atoms with Crippen LogP contribution in [0.1, 0.15) is 0 Å². The summed E-state index contributed by atoms with van der Waals surface area (Å²) in [5.41, 5.74) is 12.9. The van der Waals surface area contributed by atoms with Gasteiger partial charge in [0, 0.05) is 38.0 Å². The number of benzene rings is 11. The number of hydrogen-bond acceptors (Lipinski definition) is 0. The average Bonchev–Trinajstić information content (AvgIpc) is 4.09. The lowest BCUT2D eigenvalue weighted by Gasteiger charge is -2.34. The van der Waals surface area contributed by atoms with Gasteiger partial charge < -0.3 is 13.7 Å². The molecule has 0 saturated heterocycles. The van der Waals surface area contributed by atoms with Gasteiger partial charge in [-0.3, -0.25) is 0 Å². The van der Waals surface area contributed by atoms with Gasteiger partial charge in [0.25, 0.3) is 0 Å². The summed E-state index contributed by atoms with van der Waals surface area (Å²) in [4.78, 5) is 0. The van der Waals surface area contributed by atoms with Crippen molar-refractivity contribution in [2.24, 2.45) is 0 Å². The zero-order valence-corrected chi connectivity index (χ0v) is 39.3. The third-order valence-electron chi connectivity index (χ3n) is 14.8. The molecule has 4 heteroatoms. The molecule has 3 aromatic heterocycles. The van der Waals surface area contributed by atoms with Crippen molar-refractivity contribution >= 4 is 94.2 Å². The molecular weight excluding hydrogens is 863 g/mol. The molecular formula is C66H45N3Si. The van der Waals surface area contributed by atoms with Gasteiger partial charge >= 0.3 is 0 Å². The Balaban J connectivity index is 1.04. The minimum Gasteiger partial charge on any atom is -0.307 e. The minimum atomic E-state index is -2.74. The van der Waals surface area contributed by atoms with Gasteiger partial charge in [-0.1, -0.05) is 218 Å². The summed E-state index contributed by atoms with van der Waals surface area (Å²) in [6, 6.07) is 101. The lowest BCUT2D eigenvalue weighted by molar-refractivity contribution is 1.11. The summed E-state index contributed by atoms with van der Waals surface area (Å²) in [5.74, 6) is 0. The smallest absolute Gasteiger partial charge is 0.179 e. The van der Waals surface area contributed by atoms with Gasteiger partial charge in [-0.2, -0.15) is 0 Å². The van der Waals surface area contributed by atoms with E-state index in [9.17, 15) is 0 Å². The average molecular weight is 908 g/mol. The van der Waals surface area contributed by atoms with Gasteiger partial charge in [-0.25, -0.2) is 0 Å². The van der Waals surface area contributed by atoms with Crippen LogP contribution < -0.4 is 20.7 Å². The third-order valence-corrected chi connectivity index (χ3v) is 19.6. The van der Waals surface area contributed by atoms with E-state index in [-0.39, 0.29) is 0 Å². The number of aromatic nitrogens is 3. The SMILES string of the molecule is c1ccc(-c2ccc3c(c2)c2ccccc2n3-c2cccc3c4ccccc4n(-c4cccc5c6ccccc6n(-c6ccc([Si](c7ccccc7)(c7ccccc7)c7ccccc7)cc6)c45)c23)cc1. The van der Waals surface area contributed by atoms with Gasteiger partial charge in [0.05, 0.1) is 44.5 Å². The molecule has 328 valence electrons. The first-order valence-corrected chi connectivity index (χ1v) is 26.2. The molecule has 14 rings (SSSR count). The minimum absolute atomic E-state index is 1.12. The van der Waals surface area contributed by atoms with Gasteiger partial charge in [-0.15, -0.1) is 0 Å². The maximum Gasteiger partial charge on any atom is 0.179 e.